The fourth-order valence-electron chi connectivity index (χ4n) is 3.17. The predicted molar refractivity (Wildman–Crippen MR) is 112 cm³/mol. The summed E-state index contributed by atoms with van der Waals surface area (Å²) in [6, 6.07) is 14.7. The minimum absolute atomic E-state index is 0.160. The molecule has 2 aliphatic heterocycles. The Morgan fingerprint density at radius 1 is 1.17 bits per heavy atom. The lowest BCUT2D eigenvalue weighted by Crippen LogP contribution is -2.32. The third-order valence-electron chi connectivity index (χ3n) is 4.54. The van der Waals surface area contributed by atoms with Crippen LogP contribution in [-0.4, -0.2) is 35.6 Å². The van der Waals surface area contributed by atoms with Gasteiger partial charge in [0.2, 0.25) is 18.6 Å². The topological polar surface area (TPSA) is 80.2 Å². The number of thioether (sulfide) groups is 1. The maximum absolute atomic E-state index is 12.8. The van der Waals surface area contributed by atoms with Gasteiger partial charge in [-0.15, -0.1) is 0 Å². The molecule has 0 spiro atoms. The lowest BCUT2D eigenvalue weighted by atomic mass is 10.2. The molecule has 0 bridgehead atoms. The van der Waals surface area contributed by atoms with Gasteiger partial charge in [-0.2, -0.15) is 0 Å². The molecule has 0 aliphatic carbocycles. The Bertz CT molecular complexity index is 948. The largest absolute Gasteiger partial charge is 0.454 e. The highest BCUT2D eigenvalue weighted by Gasteiger charge is 2.40. The number of hydrogen-bond acceptors (Lipinski definition) is 6. The van der Waals surface area contributed by atoms with E-state index in [1.807, 2.05) is 43.3 Å². The summed E-state index contributed by atoms with van der Waals surface area (Å²) in [7, 11) is 0. The van der Waals surface area contributed by atoms with Crippen LogP contribution in [-0.2, 0) is 16.1 Å². The normalized spacial score (nSPS) is 18.4. The Morgan fingerprint density at radius 3 is 2.76 bits per heavy atom. The minimum atomic E-state index is -0.489. The van der Waals surface area contributed by atoms with Crippen molar-refractivity contribution in [1.29, 1.82) is 0 Å². The van der Waals surface area contributed by atoms with E-state index in [9.17, 15) is 9.59 Å². The number of para-hydroxylation sites is 1. The molecule has 1 unspecified atom stereocenters. The number of imide groups is 1. The fraction of sp³-hybridized carbons (Fsp3) is 0.286. The number of nitrogens with one attached hydrogen (secondary N) is 1. The molecule has 1 saturated heterocycles. The summed E-state index contributed by atoms with van der Waals surface area (Å²) in [5, 5.41) is 3.35. The maximum Gasteiger partial charge on any atom is 0.247 e. The molecule has 1 atom stereocenters. The molecule has 2 amide bonds. The number of aliphatic imine (C=N–C) groups is 1. The number of ether oxygens (including phenoxy) is 2. The van der Waals surface area contributed by atoms with Crippen molar-refractivity contribution in [1.82, 2.24) is 5.32 Å². The number of rotatable bonds is 5. The molecule has 29 heavy (non-hydrogen) atoms. The van der Waals surface area contributed by atoms with Crippen LogP contribution in [0.3, 0.4) is 0 Å². The lowest BCUT2D eigenvalue weighted by Gasteiger charge is -2.15. The average Bonchev–Trinajstić information content (AvgIpc) is 3.30. The summed E-state index contributed by atoms with van der Waals surface area (Å²) in [5.41, 5.74) is 1.58. The molecule has 2 aromatic carbocycles. The number of amides is 2. The first kappa shape index (κ1) is 19.3. The van der Waals surface area contributed by atoms with Gasteiger partial charge in [0.05, 0.1) is 12.2 Å². The second-order valence-corrected chi connectivity index (χ2v) is 7.74. The van der Waals surface area contributed by atoms with Gasteiger partial charge in [0.25, 0.3) is 0 Å². The van der Waals surface area contributed by atoms with Gasteiger partial charge in [-0.05, 0) is 36.8 Å². The summed E-state index contributed by atoms with van der Waals surface area (Å²) in [6.45, 7) is 3.30. The highest BCUT2D eigenvalue weighted by molar-refractivity contribution is 8.15. The summed E-state index contributed by atoms with van der Waals surface area (Å²) in [4.78, 5) is 31.1. The highest BCUT2D eigenvalue weighted by Crippen LogP contribution is 2.33. The molecule has 8 heteroatoms. The average molecular weight is 411 g/mol. The molecule has 0 aromatic heterocycles. The van der Waals surface area contributed by atoms with Gasteiger partial charge in [0.15, 0.2) is 16.7 Å². The Hall–Kier alpha value is -3.00. The molecule has 4 rings (SSSR count). The van der Waals surface area contributed by atoms with Crippen LogP contribution in [0.2, 0.25) is 0 Å². The van der Waals surface area contributed by atoms with Crippen LogP contribution in [0.15, 0.2) is 53.5 Å². The smallest absolute Gasteiger partial charge is 0.247 e. The second kappa shape index (κ2) is 8.57. The van der Waals surface area contributed by atoms with Crippen molar-refractivity contribution in [2.75, 3.05) is 18.2 Å². The van der Waals surface area contributed by atoms with Gasteiger partial charge in [-0.25, -0.2) is 4.90 Å². The van der Waals surface area contributed by atoms with Crippen LogP contribution in [0, 0.1) is 0 Å². The molecule has 2 heterocycles. The van der Waals surface area contributed by atoms with E-state index < -0.39 is 5.25 Å². The first-order valence-electron chi connectivity index (χ1n) is 9.41. The Balaban J connectivity index is 1.46. The fourth-order valence-corrected chi connectivity index (χ4v) is 4.24. The molecule has 1 N–H and O–H groups in total. The van der Waals surface area contributed by atoms with E-state index >= 15 is 0 Å². The van der Waals surface area contributed by atoms with E-state index in [4.69, 9.17) is 9.47 Å². The van der Waals surface area contributed by atoms with Gasteiger partial charge < -0.3 is 14.8 Å². The van der Waals surface area contributed by atoms with Crippen molar-refractivity contribution in [2.24, 2.45) is 4.99 Å². The number of fused-ring (bicyclic) bond motifs is 1. The number of anilines is 1. The van der Waals surface area contributed by atoms with E-state index in [0.29, 0.717) is 29.7 Å². The van der Waals surface area contributed by atoms with E-state index in [-0.39, 0.29) is 25.0 Å². The minimum Gasteiger partial charge on any atom is -0.454 e. The molecular weight excluding hydrogens is 390 g/mol. The Labute approximate surface area is 173 Å². The van der Waals surface area contributed by atoms with Gasteiger partial charge in [-0.1, -0.05) is 36.0 Å². The molecule has 150 valence electrons. The lowest BCUT2D eigenvalue weighted by molar-refractivity contribution is -0.121. The zero-order valence-electron chi connectivity index (χ0n) is 16.0. The monoisotopic (exact) mass is 411 g/mol. The molecule has 2 aromatic rings. The van der Waals surface area contributed by atoms with E-state index in [1.54, 1.807) is 12.1 Å². The number of nitrogens with zero attached hydrogens (tertiary/aromatic N) is 2. The van der Waals surface area contributed by atoms with E-state index in [0.717, 1.165) is 11.3 Å². The third-order valence-corrected chi connectivity index (χ3v) is 5.69. The number of amidine groups is 1. The highest BCUT2D eigenvalue weighted by atomic mass is 32.2. The van der Waals surface area contributed by atoms with Crippen molar-refractivity contribution in [3.8, 4) is 11.5 Å². The van der Waals surface area contributed by atoms with Crippen LogP contribution in [0.4, 0.5) is 5.69 Å². The van der Waals surface area contributed by atoms with Crippen molar-refractivity contribution in [3.63, 3.8) is 0 Å². The van der Waals surface area contributed by atoms with Gasteiger partial charge in [0, 0.05) is 13.0 Å². The molecule has 1 fully saturated rings. The van der Waals surface area contributed by atoms with Crippen molar-refractivity contribution >= 4 is 34.4 Å². The molecule has 2 aliphatic rings. The SMILES string of the molecule is CCNC(=NCc1ccc2c(c1)OCO2)SC1CC(=O)N(c2ccccc2)C1=O. The molecular formula is C21H21N3O4S. The standard InChI is InChI=1S/C21H21N3O4S/c1-2-22-21(23-12-14-8-9-16-17(10-14)28-13-27-16)29-18-11-19(25)24(20(18)26)15-6-4-3-5-7-15/h3-10,18H,2,11-13H2,1H3,(H,22,23). The number of carbonyl (C=O) groups excluding carboxylic acids is 2. The zero-order valence-corrected chi connectivity index (χ0v) is 16.8. The first-order chi connectivity index (χ1) is 14.2. The first-order valence-corrected chi connectivity index (χ1v) is 10.3. The summed E-state index contributed by atoms with van der Waals surface area (Å²) in [6.07, 6.45) is 0.160. The second-order valence-electron chi connectivity index (χ2n) is 6.55. The van der Waals surface area contributed by atoms with Crippen LogP contribution in [0.25, 0.3) is 0 Å². The quantitative estimate of drug-likeness (QED) is 0.463. The van der Waals surface area contributed by atoms with Gasteiger partial charge in [0.1, 0.15) is 5.25 Å². The summed E-state index contributed by atoms with van der Waals surface area (Å²) >= 11 is 1.30. The Kier molecular flexibility index (Phi) is 5.71. The molecule has 0 radical (unpaired) electrons. The zero-order chi connectivity index (χ0) is 20.2. The summed E-state index contributed by atoms with van der Waals surface area (Å²) in [5.74, 6) is 1.05. The summed E-state index contributed by atoms with van der Waals surface area (Å²) < 4.78 is 10.7. The third kappa shape index (κ3) is 4.22. The van der Waals surface area contributed by atoms with Crippen LogP contribution in [0.1, 0.15) is 18.9 Å². The number of carbonyl (C=O) groups is 2. The van der Waals surface area contributed by atoms with E-state index in [2.05, 4.69) is 10.3 Å². The van der Waals surface area contributed by atoms with Crippen molar-refractivity contribution in [3.05, 3.63) is 54.1 Å². The molecule has 0 saturated carbocycles. The van der Waals surface area contributed by atoms with E-state index in [1.165, 1.54) is 16.7 Å². The molecule has 7 nitrogen and oxygen atoms in total. The van der Waals surface area contributed by atoms with Crippen LogP contribution < -0.4 is 19.7 Å². The van der Waals surface area contributed by atoms with Crippen molar-refractivity contribution in [2.45, 2.75) is 25.1 Å². The van der Waals surface area contributed by atoms with Crippen LogP contribution in [0.5, 0.6) is 11.5 Å². The Morgan fingerprint density at radius 2 is 1.97 bits per heavy atom. The van der Waals surface area contributed by atoms with Crippen molar-refractivity contribution < 1.29 is 19.1 Å². The predicted octanol–water partition coefficient (Wildman–Crippen LogP) is 2.95. The number of hydrogen-bond donors (Lipinski definition) is 1. The maximum atomic E-state index is 12.8. The van der Waals surface area contributed by atoms with Gasteiger partial charge >= 0.3 is 0 Å². The van der Waals surface area contributed by atoms with Gasteiger partial charge in [-0.3, -0.25) is 14.6 Å². The number of benzene rings is 2. The van der Waals surface area contributed by atoms with Crippen LogP contribution >= 0.6 is 11.8 Å².